The molecule has 0 radical (unpaired) electrons. The number of halogens is 2. The molecule has 0 amide bonds. The highest BCUT2D eigenvalue weighted by atomic mass is 35.5. The number of anilines is 1. The summed E-state index contributed by atoms with van der Waals surface area (Å²) in [5, 5.41) is 7.71. The van der Waals surface area contributed by atoms with Crippen molar-refractivity contribution in [2.45, 2.75) is 27.3 Å². The zero-order chi connectivity index (χ0) is 19.7. The second-order valence-corrected chi connectivity index (χ2v) is 7.10. The van der Waals surface area contributed by atoms with Crippen molar-refractivity contribution >= 4 is 28.9 Å². The van der Waals surface area contributed by atoms with Crippen LogP contribution >= 0.6 is 23.2 Å². The van der Waals surface area contributed by atoms with Gasteiger partial charge in [0.05, 0.1) is 17.6 Å². The summed E-state index contributed by atoms with van der Waals surface area (Å²) in [4.78, 5) is 27.5. The van der Waals surface area contributed by atoms with Gasteiger partial charge in [-0.2, -0.15) is 9.78 Å². The Hall–Kier alpha value is -2.57. The molecular formula is C19H18Cl2N4O2. The quantitative estimate of drug-likeness (QED) is 0.693. The topological polar surface area (TPSA) is 79.8 Å². The third-order valence-electron chi connectivity index (χ3n) is 4.27. The van der Waals surface area contributed by atoms with Gasteiger partial charge in [-0.3, -0.25) is 9.59 Å². The van der Waals surface area contributed by atoms with E-state index in [9.17, 15) is 9.59 Å². The van der Waals surface area contributed by atoms with Crippen LogP contribution in [0, 0.1) is 20.8 Å². The fraction of sp³-hybridized carbons (Fsp3) is 0.211. The molecule has 2 aromatic heterocycles. The van der Waals surface area contributed by atoms with Gasteiger partial charge in [-0.1, -0.05) is 29.3 Å². The molecule has 140 valence electrons. The van der Waals surface area contributed by atoms with Crippen molar-refractivity contribution in [2.75, 3.05) is 5.32 Å². The van der Waals surface area contributed by atoms with Gasteiger partial charge in [0.2, 0.25) is 0 Å². The van der Waals surface area contributed by atoms with E-state index in [-0.39, 0.29) is 17.1 Å². The number of pyridine rings is 1. The lowest BCUT2D eigenvalue weighted by molar-refractivity contribution is 0.806. The molecule has 0 fully saturated rings. The summed E-state index contributed by atoms with van der Waals surface area (Å²) >= 11 is 12.4. The molecule has 0 aliphatic rings. The number of nitrogens with one attached hydrogen (secondary N) is 2. The van der Waals surface area contributed by atoms with Gasteiger partial charge < -0.3 is 10.3 Å². The number of nitrogens with zero attached hydrogens (tertiary/aromatic N) is 2. The van der Waals surface area contributed by atoms with E-state index in [1.54, 1.807) is 18.2 Å². The molecule has 2 heterocycles. The van der Waals surface area contributed by atoms with Crippen molar-refractivity contribution in [3.63, 3.8) is 0 Å². The van der Waals surface area contributed by atoms with Crippen LogP contribution in [0.15, 0.2) is 40.1 Å². The highest BCUT2D eigenvalue weighted by Crippen LogP contribution is 2.21. The van der Waals surface area contributed by atoms with Crippen molar-refractivity contribution in [3.8, 4) is 5.69 Å². The fourth-order valence-corrected chi connectivity index (χ4v) is 3.11. The first-order valence-electron chi connectivity index (χ1n) is 8.25. The number of hydrogen-bond donors (Lipinski definition) is 2. The lowest BCUT2D eigenvalue weighted by atomic mass is 10.1. The average molecular weight is 405 g/mol. The van der Waals surface area contributed by atoms with Crippen LogP contribution in [0.4, 0.5) is 5.69 Å². The molecule has 0 bridgehead atoms. The van der Waals surface area contributed by atoms with Gasteiger partial charge in [0, 0.05) is 22.8 Å². The minimum Gasteiger partial charge on any atom is -0.378 e. The average Bonchev–Trinajstić information content (AvgIpc) is 2.60. The molecule has 0 saturated heterocycles. The number of aromatic nitrogens is 3. The number of H-pyrrole nitrogens is 1. The van der Waals surface area contributed by atoms with E-state index < -0.39 is 5.56 Å². The monoisotopic (exact) mass is 404 g/mol. The Morgan fingerprint density at radius 1 is 1.11 bits per heavy atom. The minimum absolute atomic E-state index is 0.0112. The van der Waals surface area contributed by atoms with E-state index in [0.717, 1.165) is 16.8 Å². The summed E-state index contributed by atoms with van der Waals surface area (Å²) in [6.07, 6.45) is 1.45. The molecule has 1 aromatic carbocycles. The van der Waals surface area contributed by atoms with Gasteiger partial charge in [0.15, 0.2) is 0 Å². The van der Waals surface area contributed by atoms with Crippen molar-refractivity contribution in [1.29, 1.82) is 0 Å². The molecule has 0 aliphatic carbocycles. The molecule has 2 N–H and O–H groups in total. The van der Waals surface area contributed by atoms with E-state index in [0.29, 0.717) is 22.0 Å². The van der Waals surface area contributed by atoms with Crippen LogP contribution in [0.5, 0.6) is 0 Å². The van der Waals surface area contributed by atoms with Gasteiger partial charge in [-0.05, 0) is 50.1 Å². The molecule has 0 atom stereocenters. The number of rotatable bonds is 4. The third-order valence-corrected chi connectivity index (χ3v) is 5.04. The first kappa shape index (κ1) is 19.2. The number of aromatic amines is 1. The summed E-state index contributed by atoms with van der Waals surface area (Å²) in [5.41, 5.74) is 3.35. The Bertz CT molecular complexity index is 1140. The zero-order valence-electron chi connectivity index (χ0n) is 15.1. The summed E-state index contributed by atoms with van der Waals surface area (Å²) in [5.74, 6) is 0. The minimum atomic E-state index is -0.476. The van der Waals surface area contributed by atoms with Crippen LogP contribution in [0.2, 0.25) is 10.0 Å². The molecule has 0 saturated carbocycles. The van der Waals surface area contributed by atoms with Gasteiger partial charge >= 0.3 is 0 Å². The number of hydrogen-bond acceptors (Lipinski definition) is 4. The zero-order valence-corrected chi connectivity index (χ0v) is 16.6. The van der Waals surface area contributed by atoms with Crippen LogP contribution in [-0.2, 0) is 6.54 Å². The summed E-state index contributed by atoms with van der Waals surface area (Å²) in [6, 6.07) is 7.09. The molecule has 8 heteroatoms. The first-order valence-corrected chi connectivity index (χ1v) is 9.01. The van der Waals surface area contributed by atoms with Gasteiger partial charge in [0.25, 0.3) is 11.1 Å². The van der Waals surface area contributed by atoms with E-state index in [1.807, 2.05) is 26.8 Å². The smallest absolute Gasteiger partial charge is 0.292 e. The Morgan fingerprint density at radius 3 is 2.52 bits per heavy atom. The van der Waals surface area contributed by atoms with Gasteiger partial charge in [-0.15, -0.1) is 0 Å². The largest absolute Gasteiger partial charge is 0.378 e. The Morgan fingerprint density at radius 2 is 1.85 bits per heavy atom. The van der Waals surface area contributed by atoms with E-state index in [1.165, 1.54) is 10.9 Å². The number of benzene rings is 1. The van der Waals surface area contributed by atoms with E-state index >= 15 is 0 Å². The fourth-order valence-electron chi connectivity index (χ4n) is 2.74. The van der Waals surface area contributed by atoms with Crippen LogP contribution in [-0.4, -0.2) is 14.8 Å². The molecule has 3 aromatic rings. The van der Waals surface area contributed by atoms with Crippen LogP contribution in [0.1, 0.15) is 22.4 Å². The summed E-state index contributed by atoms with van der Waals surface area (Å²) in [7, 11) is 0. The maximum Gasteiger partial charge on any atom is 0.292 e. The van der Waals surface area contributed by atoms with Gasteiger partial charge in [0.1, 0.15) is 5.02 Å². The maximum absolute atomic E-state index is 12.6. The van der Waals surface area contributed by atoms with Crippen molar-refractivity contribution in [2.24, 2.45) is 0 Å². The summed E-state index contributed by atoms with van der Waals surface area (Å²) < 4.78 is 1.18. The van der Waals surface area contributed by atoms with E-state index in [4.69, 9.17) is 23.2 Å². The molecule has 3 rings (SSSR count). The molecule has 0 aliphatic heterocycles. The highest BCUT2D eigenvalue weighted by molar-refractivity contribution is 6.33. The van der Waals surface area contributed by atoms with Crippen LogP contribution in [0.25, 0.3) is 5.69 Å². The molecule has 27 heavy (non-hydrogen) atoms. The van der Waals surface area contributed by atoms with Crippen molar-refractivity contribution < 1.29 is 0 Å². The second kappa shape index (κ2) is 7.58. The Balaban J connectivity index is 1.91. The molecule has 0 unspecified atom stereocenters. The first-order chi connectivity index (χ1) is 12.8. The van der Waals surface area contributed by atoms with Crippen LogP contribution in [0.3, 0.4) is 0 Å². The molecule has 0 spiro atoms. The molecular weight excluding hydrogens is 387 g/mol. The number of aryl methyl sites for hydroxylation is 3. The van der Waals surface area contributed by atoms with E-state index in [2.05, 4.69) is 15.4 Å². The molecule has 6 nitrogen and oxygen atoms in total. The second-order valence-electron chi connectivity index (χ2n) is 6.32. The standard InChI is InChI=1S/C19H18Cl2N4O2/c1-10-4-5-13(7-15(10)20)25-19(27)17(21)16(9-23-25)22-8-14-11(2)6-12(3)24-18(14)26/h4-7,9,22H,8H2,1-3H3,(H,24,26). The predicted octanol–water partition coefficient (Wildman–Crippen LogP) is 3.76. The summed E-state index contributed by atoms with van der Waals surface area (Å²) in [6.45, 7) is 5.78. The van der Waals surface area contributed by atoms with Crippen molar-refractivity contribution in [1.82, 2.24) is 14.8 Å². The van der Waals surface area contributed by atoms with Crippen molar-refractivity contribution in [3.05, 3.63) is 83.6 Å². The lowest BCUT2D eigenvalue weighted by Gasteiger charge is -2.12. The SMILES string of the molecule is Cc1cc(C)c(CNc2cnn(-c3ccc(C)c(Cl)c3)c(=O)c2Cl)c(=O)[nH]1. The Labute approximate surface area is 165 Å². The maximum atomic E-state index is 12.6. The highest BCUT2D eigenvalue weighted by Gasteiger charge is 2.13. The van der Waals surface area contributed by atoms with Gasteiger partial charge in [-0.25, -0.2) is 0 Å². The van der Waals surface area contributed by atoms with Crippen LogP contribution < -0.4 is 16.4 Å². The Kier molecular flexibility index (Phi) is 5.39. The lowest BCUT2D eigenvalue weighted by Crippen LogP contribution is -2.24. The predicted molar refractivity (Wildman–Crippen MR) is 108 cm³/mol. The normalized spacial score (nSPS) is 10.9. The third kappa shape index (κ3) is 3.91.